The van der Waals surface area contributed by atoms with Gasteiger partial charge < -0.3 is 0 Å². The van der Waals surface area contributed by atoms with Gasteiger partial charge in [0.1, 0.15) is 5.71 Å². The minimum absolute atomic E-state index is 0.137. The SMILES string of the molecule is O=C(N/N=C1/C(=O)c2cccc3cccc1c23)c1cc2c(s1)CCCC2. The van der Waals surface area contributed by atoms with Crippen LogP contribution in [0.5, 0.6) is 0 Å². The second-order valence-corrected chi connectivity index (χ2v) is 7.84. The molecule has 1 heterocycles. The Morgan fingerprint density at radius 2 is 1.81 bits per heavy atom. The standard InChI is InChI=1S/C21H16N2O2S/c24-20-15-9-4-7-12-6-3-8-14(18(12)15)19(20)22-23-21(25)17-11-13-5-1-2-10-16(13)26-17/h3-4,6-9,11H,1-2,5,10H2,(H,23,25)/b22-19+. The van der Waals surface area contributed by atoms with Crippen LogP contribution in [0.2, 0.25) is 0 Å². The summed E-state index contributed by atoms with van der Waals surface area (Å²) in [7, 11) is 0. The number of thiophene rings is 1. The van der Waals surface area contributed by atoms with Gasteiger partial charge in [0.25, 0.3) is 5.91 Å². The smallest absolute Gasteiger partial charge is 0.281 e. The van der Waals surface area contributed by atoms with Gasteiger partial charge in [0.15, 0.2) is 0 Å². The molecule has 128 valence electrons. The highest BCUT2D eigenvalue weighted by molar-refractivity contribution is 7.14. The maximum Gasteiger partial charge on any atom is 0.281 e. The van der Waals surface area contributed by atoms with Crippen LogP contribution in [0.25, 0.3) is 10.8 Å². The third kappa shape index (κ3) is 2.31. The predicted octanol–water partition coefficient (Wildman–Crippen LogP) is 4.11. The van der Waals surface area contributed by atoms with Crippen LogP contribution in [-0.4, -0.2) is 17.4 Å². The zero-order chi connectivity index (χ0) is 17.7. The highest BCUT2D eigenvalue weighted by atomic mass is 32.1. The largest absolute Gasteiger partial charge is 0.287 e. The number of Topliss-reactive ketones (excluding diaryl/α,β-unsaturated/α-hetero) is 1. The molecule has 2 aliphatic rings. The van der Waals surface area contributed by atoms with E-state index in [1.165, 1.54) is 23.3 Å². The first kappa shape index (κ1) is 15.5. The van der Waals surface area contributed by atoms with E-state index < -0.39 is 0 Å². The number of benzene rings is 2. The number of carbonyl (C=O) groups is 2. The summed E-state index contributed by atoms with van der Waals surface area (Å²) in [6.07, 6.45) is 4.47. The van der Waals surface area contributed by atoms with E-state index in [2.05, 4.69) is 10.5 Å². The highest BCUT2D eigenvalue weighted by Crippen LogP contribution is 2.31. The molecule has 3 aromatic rings. The Balaban J connectivity index is 1.47. The number of hydrogen-bond acceptors (Lipinski definition) is 4. The van der Waals surface area contributed by atoms with E-state index in [4.69, 9.17) is 0 Å². The zero-order valence-corrected chi connectivity index (χ0v) is 14.9. The average Bonchev–Trinajstić information content (AvgIpc) is 3.22. The molecule has 26 heavy (non-hydrogen) atoms. The number of fused-ring (bicyclic) bond motifs is 1. The Labute approximate surface area is 154 Å². The lowest BCUT2D eigenvalue weighted by Gasteiger charge is -2.08. The zero-order valence-electron chi connectivity index (χ0n) is 14.0. The summed E-state index contributed by atoms with van der Waals surface area (Å²) in [5.74, 6) is -0.379. The molecule has 1 N–H and O–H groups in total. The van der Waals surface area contributed by atoms with Gasteiger partial charge in [-0.2, -0.15) is 5.10 Å². The molecule has 1 aromatic heterocycles. The summed E-state index contributed by atoms with van der Waals surface area (Å²) in [5.41, 5.74) is 5.63. The number of carbonyl (C=O) groups excluding carboxylic acids is 2. The first-order valence-corrected chi connectivity index (χ1v) is 9.60. The number of amides is 1. The normalized spacial score (nSPS) is 16.9. The third-order valence-corrected chi connectivity index (χ3v) is 6.35. The minimum Gasteiger partial charge on any atom is -0.287 e. The van der Waals surface area contributed by atoms with Crippen LogP contribution in [0.4, 0.5) is 0 Å². The van der Waals surface area contributed by atoms with Gasteiger partial charge in [-0.3, -0.25) is 9.59 Å². The number of nitrogens with one attached hydrogen (secondary N) is 1. The van der Waals surface area contributed by atoms with Gasteiger partial charge in [0.05, 0.1) is 4.88 Å². The topological polar surface area (TPSA) is 58.5 Å². The van der Waals surface area contributed by atoms with Crippen molar-refractivity contribution < 1.29 is 9.59 Å². The van der Waals surface area contributed by atoms with E-state index >= 15 is 0 Å². The molecule has 4 nitrogen and oxygen atoms in total. The van der Waals surface area contributed by atoms with Crippen molar-refractivity contribution in [2.45, 2.75) is 25.7 Å². The van der Waals surface area contributed by atoms with Crippen molar-refractivity contribution in [1.82, 2.24) is 5.43 Å². The van der Waals surface area contributed by atoms with Crippen LogP contribution in [-0.2, 0) is 12.8 Å². The molecule has 2 aromatic carbocycles. The van der Waals surface area contributed by atoms with E-state index in [0.29, 0.717) is 16.2 Å². The maximum absolute atomic E-state index is 12.7. The maximum atomic E-state index is 12.7. The lowest BCUT2D eigenvalue weighted by atomic mass is 9.99. The van der Waals surface area contributed by atoms with Crippen LogP contribution >= 0.6 is 11.3 Å². The number of hydrazone groups is 1. The fourth-order valence-corrected chi connectivity index (χ4v) is 5.00. The van der Waals surface area contributed by atoms with Gasteiger partial charge in [0, 0.05) is 21.4 Å². The molecular weight excluding hydrogens is 344 g/mol. The lowest BCUT2D eigenvalue weighted by Crippen LogP contribution is -2.21. The highest BCUT2D eigenvalue weighted by Gasteiger charge is 2.29. The molecule has 0 saturated heterocycles. The predicted molar refractivity (Wildman–Crippen MR) is 103 cm³/mol. The fourth-order valence-electron chi connectivity index (χ4n) is 3.85. The first-order chi connectivity index (χ1) is 12.7. The van der Waals surface area contributed by atoms with E-state index in [1.807, 2.05) is 42.5 Å². The summed E-state index contributed by atoms with van der Waals surface area (Å²) in [6.45, 7) is 0. The van der Waals surface area contributed by atoms with Crippen LogP contribution in [0.1, 0.15) is 48.9 Å². The summed E-state index contributed by atoms with van der Waals surface area (Å²) < 4.78 is 0. The quantitative estimate of drug-likeness (QED) is 0.699. The fraction of sp³-hybridized carbons (Fsp3) is 0.190. The second-order valence-electron chi connectivity index (χ2n) is 6.71. The number of ketones is 1. The molecule has 0 atom stereocenters. The number of nitrogens with zero attached hydrogens (tertiary/aromatic N) is 1. The Hall–Kier alpha value is -2.79. The molecule has 0 fully saturated rings. The van der Waals surface area contributed by atoms with Gasteiger partial charge in [-0.25, -0.2) is 5.43 Å². The molecule has 0 saturated carbocycles. The van der Waals surface area contributed by atoms with E-state index in [1.54, 1.807) is 11.3 Å². The molecule has 5 heteroatoms. The average molecular weight is 360 g/mol. The Bertz CT molecular complexity index is 1080. The van der Waals surface area contributed by atoms with Crippen molar-refractivity contribution in [3.63, 3.8) is 0 Å². The summed E-state index contributed by atoms with van der Waals surface area (Å²) in [4.78, 5) is 27.2. The van der Waals surface area contributed by atoms with E-state index in [-0.39, 0.29) is 11.7 Å². The van der Waals surface area contributed by atoms with Gasteiger partial charge >= 0.3 is 0 Å². The van der Waals surface area contributed by atoms with Gasteiger partial charge in [-0.15, -0.1) is 11.3 Å². The Morgan fingerprint density at radius 1 is 1.04 bits per heavy atom. The van der Waals surface area contributed by atoms with Crippen molar-refractivity contribution in [2.75, 3.05) is 0 Å². The summed E-state index contributed by atoms with van der Waals surface area (Å²) >= 11 is 1.54. The van der Waals surface area contributed by atoms with Crippen molar-refractivity contribution >= 4 is 39.5 Å². The van der Waals surface area contributed by atoms with E-state index in [0.717, 1.165) is 29.2 Å². The molecule has 0 radical (unpaired) electrons. The molecule has 0 unspecified atom stereocenters. The molecule has 1 amide bonds. The summed E-state index contributed by atoms with van der Waals surface area (Å²) in [5, 5.41) is 6.13. The second kappa shape index (κ2) is 5.88. The van der Waals surface area contributed by atoms with Crippen LogP contribution in [0.3, 0.4) is 0 Å². The van der Waals surface area contributed by atoms with Crippen LogP contribution in [0.15, 0.2) is 47.6 Å². The lowest BCUT2D eigenvalue weighted by molar-refractivity contribution is 0.0959. The minimum atomic E-state index is -0.243. The first-order valence-electron chi connectivity index (χ1n) is 8.79. The molecular formula is C21H16N2O2S. The summed E-state index contributed by atoms with van der Waals surface area (Å²) in [6, 6.07) is 13.4. The van der Waals surface area contributed by atoms with E-state index in [9.17, 15) is 9.59 Å². The Morgan fingerprint density at radius 3 is 2.62 bits per heavy atom. The third-order valence-electron chi connectivity index (χ3n) is 5.11. The molecule has 0 spiro atoms. The molecule has 2 aliphatic carbocycles. The van der Waals surface area contributed by atoms with Gasteiger partial charge in [-0.05, 0) is 42.7 Å². The Kier molecular flexibility index (Phi) is 3.50. The monoisotopic (exact) mass is 360 g/mol. The van der Waals surface area contributed by atoms with Crippen LogP contribution < -0.4 is 5.43 Å². The number of rotatable bonds is 2. The van der Waals surface area contributed by atoms with Gasteiger partial charge in [-0.1, -0.05) is 36.4 Å². The van der Waals surface area contributed by atoms with Crippen molar-refractivity contribution in [1.29, 1.82) is 0 Å². The molecule has 0 aliphatic heterocycles. The number of hydrogen-bond donors (Lipinski definition) is 1. The van der Waals surface area contributed by atoms with Crippen LogP contribution in [0, 0.1) is 0 Å². The van der Waals surface area contributed by atoms with Crippen molar-refractivity contribution in [3.05, 3.63) is 68.9 Å². The molecule has 0 bridgehead atoms. The van der Waals surface area contributed by atoms with Crippen molar-refractivity contribution in [2.24, 2.45) is 5.10 Å². The van der Waals surface area contributed by atoms with Gasteiger partial charge in [0.2, 0.25) is 5.78 Å². The van der Waals surface area contributed by atoms with Crippen molar-refractivity contribution in [3.8, 4) is 0 Å². The number of aryl methyl sites for hydroxylation is 2. The molecule has 5 rings (SSSR count).